The van der Waals surface area contributed by atoms with Crippen LogP contribution >= 0.6 is 27.5 Å². The second kappa shape index (κ2) is 6.70. The molecule has 1 nitrogen and oxygen atoms in total. The fourth-order valence-corrected chi connectivity index (χ4v) is 2.62. The molecule has 0 saturated heterocycles. The summed E-state index contributed by atoms with van der Waals surface area (Å²) in [4.78, 5) is 0. The van der Waals surface area contributed by atoms with Crippen LogP contribution in [0.15, 0.2) is 40.9 Å². The van der Waals surface area contributed by atoms with E-state index in [1.807, 2.05) is 38.1 Å². The Hall–Kier alpha value is -0.900. The van der Waals surface area contributed by atoms with Gasteiger partial charge in [0, 0.05) is 10.0 Å². The third-order valence-electron chi connectivity index (χ3n) is 3.15. The third-order valence-corrected chi connectivity index (χ3v) is 4.38. The van der Waals surface area contributed by atoms with E-state index in [0.717, 1.165) is 22.1 Å². The number of benzene rings is 2. The molecule has 1 unspecified atom stereocenters. The van der Waals surface area contributed by atoms with Gasteiger partial charge in [-0.3, -0.25) is 0 Å². The first-order valence-electron chi connectivity index (χ1n) is 6.47. The van der Waals surface area contributed by atoms with Crippen molar-refractivity contribution < 1.29 is 4.39 Å². The molecule has 0 saturated carbocycles. The lowest BCUT2D eigenvalue weighted by Gasteiger charge is -2.20. The minimum atomic E-state index is -0.208. The smallest absolute Gasteiger partial charge is 0.128 e. The van der Waals surface area contributed by atoms with Gasteiger partial charge in [-0.1, -0.05) is 42.3 Å². The van der Waals surface area contributed by atoms with Crippen LogP contribution in [-0.4, -0.2) is 6.54 Å². The normalized spacial score (nSPS) is 12.4. The summed E-state index contributed by atoms with van der Waals surface area (Å²) in [6, 6.07) is 10.6. The highest BCUT2D eigenvalue weighted by Crippen LogP contribution is 2.30. The Morgan fingerprint density at radius 1 is 1.25 bits per heavy atom. The largest absolute Gasteiger partial charge is 0.306 e. The molecule has 2 rings (SSSR count). The Labute approximate surface area is 132 Å². The molecule has 20 heavy (non-hydrogen) atoms. The van der Waals surface area contributed by atoms with E-state index >= 15 is 0 Å². The molecule has 0 aromatic heterocycles. The lowest BCUT2D eigenvalue weighted by atomic mass is 9.96. The topological polar surface area (TPSA) is 12.0 Å². The second-order valence-electron chi connectivity index (χ2n) is 4.69. The van der Waals surface area contributed by atoms with Gasteiger partial charge in [0.2, 0.25) is 0 Å². The Bertz CT molecular complexity index is 615. The van der Waals surface area contributed by atoms with Gasteiger partial charge in [0.25, 0.3) is 0 Å². The average Bonchev–Trinajstić information content (AvgIpc) is 2.42. The molecule has 1 N–H and O–H groups in total. The molecule has 0 heterocycles. The molecule has 0 aliphatic heterocycles. The number of aryl methyl sites for hydroxylation is 1. The highest BCUT2D eigenvalue weighted by molar-refractivity contribution is 9.10. The van der Waals surface area contributed by atoms with E-state index in [-0.39, 0.29) is 11.9 Å². The SMILES string of the molecule is CCNC(c1ccc(Br)c(Cl)c1)c1cc(C)ccc1F. The molecule has 0 radical (unpaired) electrons. The van der Waals surface area contributed by atoms with Gasteiger partial charge < -0.3 is 5.32 Å². The molecule has 4 heteroatoms. The molecule has 2 aromatic rings. The van der Waals surface area contributed by atoms with E-state index < -0.39 is 0 Å². The number of nitrogens with one attached hydrogen (secondary N) is 1. The van der Waals surface area contributed by atoms with Crippen molar-refractivity contribution in [3.63, 3.8) is 0 Å². The maximum absolute atomic E-state index is 14.1. The predicted molar refractivity (Wildman–Crippen MR) is 85.8 cm³/mol. The molecular formula is C16H16BrClFN. The van der Waals surface area contributed by atoms with Gasteiger partial charge in [0.1, 0.15) is 5.82 Å². The summed E-state index contributed by atoms with van der Waals surface area (Å²) in [5.74, 6) is -0.208. The van der Waals surface area contributed by atoms with Crippen molar-refractivity contribution in [2.45, 2.75) is 19.9 Å². The van der Waals surface area contributed by atoms with Gasteiger partial charge in [0.15, 0.2) is 0 Å². The van der Waals surface area contributed by atoms with Gasteiger partial charge in [-0.05, 0) is 53.2 Å². The first-order chi connectivity index (χ1) is 9.52. The molecule has 0 spiro atoms. The summed E-state index contributed by atoms with van der Waals surface area (Å²) in [7, 11) is 0. The van der Waals surface area contributed by atoms with Crippen LogP contribution in [0, 0.1) is 12.7 Å². The van der Waals surface area contributed by atoms with E-state index in [1.165, 1.54) is 6.07 Å². The monoisotopic (exact) mass is 355 g/mol. The first kappa shape index (κ1) is 15.5. The summed E-state index contributed by atoms with van der Waals surface area (Å²) in [5, 5.41) is 3.94. The van der Waals surface area contributed by atoms with Crippen molar-refractivity contribution in [1.82, 2.24) is 5.32 Å². The number of hydrogen-bond donors (Lipinski definition) is 1. The van der Waals surface area contributed by atoms with Crippen LogP contribution in [0.1, 0.15) is 29.7 Å². The number of rotatable bonds is 4. The highest BCUT2D eigenvalue weighted by Gasteiger charge is 2.18. The van der Waals surface area contributed by atoms with E-state index in [9.17, 15) is 4.39 Å². The van der Waals surface area contributed by atoms with Crippen molar-refractivity contribution in [2.75, 3.05) is 6.54 Å². The van der Waals surface area contributed by atoms with Gasteiger partial charge in [-0.2, -0.15) is 0 Å². The Morgan fingerprint density at radius 3 is 2.65 bits per heavy atom. The molecule has 1 atom stereocenters. The van der Waals surface area contributed by atoms with Crippen LogP contribution < -0.4 is 5.32 Å². The predicted octanol–water partition coefficient (Wildman–Crippen LogP) is 5.25. The summed E-state index contributed by atoms with van der Waals surface area (Å²) >= 11 is 9.52. The maximum Gasteiger partial charge on any atom is 0.128 e. The minimum absolute atomic E-state index is 0.203. The van der Waals surface area contributed by atoms with E-state index in [0.29, 0.717) is 10.6 Å². The number of hydrogen-bond acceptors (Lipinski definition) is 1. The van der Waals surface area contributed by atoms with Gasteiger partial charge in [-0.15, -0.1) is 0 Å². The number of halogens is 3. The molecule has 0 bridgehead atoms. The fourth-order valence-electron chi connectivity index (χ4n) is 2.19. The summed E-state index contributed by atoms with van der Waals surface area (Å²) in [5.41, 5.74) is 2.63. The summed E-state index contributed by atoms with van der Waals surface area (Å²) < 4.78 is 15.0. The molecular weight excluding hydrogens is 341 g/mol. The lowest BCUT2D eigenvalue weighted by molar-refractivity contribution is 0.558. The van der Waals surface area contributed by atoms with Gasteiger partial charge in [0.05, 0.1) is 11.1 Å². The van der Waals surface area contributed by atoms with Crippen molar-refractivity contribution >= 4 is 27.5 Å². The Morgan fingerprint density at radius 2 is 2.00 bits per heavy atom. The van der Waals surface area contributed by atoms with E-state index in [4.69, 9.17) is 11.6 Å². The summed E-state index contributed by atoms with van der Waals surface area (Å²) in [6.07, 6.45) is 0. The molecule has 0 aliphatic carbocycles. The Kier molecular flexibility index (Phi) is 5.19. The van der Waals surface area contributed by atoms with Crippen LogP contribution in [0.3, 0.4) is 0 Å². The lowest BCUT2D eigenvalue weighted by Crippen LogP contribution is -2.23. The minimum Gasteiger partial charge on any atom is -0.306 e. The fraction of sp³-hybridized carbons (Fsp3) is 0.250. The van der Waals surface area contributed by atoms with E-state index in [1.54, 1.807) is 6.07 Å². The van der Waals surface area contributed by atoms with Crippen molar-refractivity contribution in [3.8, 4) is 0 Å². The quantitative estimate of drug-likeness (QED) is 0.789. The molecule has 0 fully saturated rings. The first-order valence-corrected chi connectivity index (χ1v) is 7.64. The second-order valence-corrected chi connectivity index (χ2v) is 5.95. The van der Waals surface area contributed by atoms with Crippen LogP contribution in [0.4, 0.5) is 4.39 Å². The highest BCUT2D eigenvalue weighted by atomic mass is 79.9. The average molecular weight is 357 g/mol. The van der Waals surface area contributed by atoms with Crippen LogP contribution in [-0.2, 0) is 0 Å². The van der Waals surface area contributed by atoms with Crippen molar-refractivity contribution in [1.29, 1.82) is 0 Å². The van der Waals surface area contributed by atoms with Gasteiger partial charge >= 0.3 is 0 Å². The van der Waals surface area contributed by atoms with Crippen LogP contribution in [0.25, 0.3) is 0 Å². The summed E-state index contributed by atoms with van der Waals surface area (Å²) in [6.45, 7) is 4.70. The van der Waals surface area contributed by atoms with Crippen molar-refractivity contribution in [3.05, 3.63) is 68.4 Å². The zero-order valence-electron chi connectivity index (χ0n) is 11.4. The Balaban J connectivity index is 2.49. The standard InChI is InChI=1S/C16H16BrClFN/c1-3-20-16(11-5-6-13(17)14(18)9-11)12-8-10(2)4-7-15(12)19/h4-9,16,20H,3H2,1-2H3. The molecule has 2 aromatic carbocycles. The van der Waals surface area contributed by atoms with Crippen LogP contribution in [0.5, 0.6) is 0 Å². The van der Waals surface area contributed by atoms with Crippen LogP contribution in [0.2, 0.25) is 5.02 Å². The zero-order valence-corrected chi connectivity index (χ0v) is 13.7. The molecule has 106 valence electrons. The van der Waals surface area contributed by atoms with Gasteiger partial charge in [-0.25, -0.2) is 4.39 Å². The zero-order chi connectivity index (χ0) is 14.7. The van der Waals surface area contributed by atoms with E-state index in [2.05, 4.69) is 21.2 Å². The van der Waals surface area contributed by atoms with Crippen molar-refractivity contribution in [2.24, 2.45) is 0 Å². The molecule has 0 aliphatic rings. The molecule has 0 amide bonds. The maximum atomic E-state index is 14.1. The third kappa shape index (κ3) is 3.40.